The van der Waals surface area contributed by atoms with Gasteiger partial charge in [-0.25, -0.2) is 4.39 Å². The first-order valence-electron chi connectivity index (χ1n) is 12.4. The fourth-order valence-electron chi connectivity index (χ4n) is 4.51. The van der Waals surface area contributed by atoms with Crippen molar-refractivity contribution in [1.29, 1.82) is 0 Å². The highest BCUT2D eigenvalue weighted by molar-refractivity contribution is 6.46. The molecule has 1 N–H and O–H groups in total. The second-order valence-corrected chi connectivity index (χ2v) is 8.87. The average Bonchev–Trinajstić information content (AvgIpc) is 3.21. The average molecular weight is 536 g/mol. The van der Waals surface area contributed by atoms with E-state index in [0.29, 0.717) is 36.7 Å². The molecular weight excluding hydrogens is 505 g/mol. The van der Waals surface area contributed by atoms with Gasteiger partial charge in [0.15, 0.2) is 23.1 Å². The molecule has 1 fully saturated rings. The summed E-state index contributed by atoms with van der Waals surface area (Å²) in [4.78, 5) is 27.7. The number of Topliss-reactive ketones (excluding diaryl/α,β-unsaturated/α-hetero) is 1. The van der Waals surface area contributed by atoms with Crippen LogP contribution in [-0.4, -0.2) is 56.2 Å². The van der Waals surface area contributed by atoms with E-state index in [1.807, 2.05) is 30.3 Å². The molecule has 204 valence electrons. The highest BCUT2D eigenvalue weighted by Gasteiger charge is 2.46. The molecule has 0 saturated carbocycles. The maximum Gasteiger partial charge on any atom is 0.295 e. The number of aliphatic hydroxyl groups is 1. The van der Waals surface area contributed by atoms with Crippen LogP contribution >= 0.6 is 0 Å². The summed E-state index contributed by atoms with van der Waals surface area (Å²) in [5.41, 5.74) is 1.39. The lowest BCUT2D eigenvalue weighted by Crippen LogP contribution is -2.31. The van der Waals surface area contributed by atoms with Crippen molar-refractivity contribution in [2.45, 2.75) is 19.1 Å². The van der Waals surface area contributed by atoms with Gasteiger partial charge in [0.25, 0.3) is 11.7 Å². The molecule has 1 unspecified atom stereocenters. The van der Waals surface area contributed by atoms with Crippen molar-refractivity contribution in [1.82, 2.24) is 4.90 Å². The van der Waals surface area contributed by atoms with Crippen LogP contribution in [0.15, 0.2) is 72.3 Å². The molecule has 0 aromatic heterocycles. The number of benzene rings is 3. The van der Waals surface area contributed by atoms with Gasteiger partial charge >= 0.3 is 0 Å². The zero-order valence-corrected chi connectivity index (χ0v) is 22.0. The Bertz CT molecular complexity index is 1370. The molecule has 1 saturated heterocycles. The van der Waals surface area contributed by atoms with E-state index >= 15 is 0 Å². The molecule has 1 heterocycles. The molecule has 0 bridgehead atoms. The molecule has 3 aromatic rings. The van der Waals surface area contributed by atoms with E-state index in [1.165, 1.54) is 31.3 Å². The SMILES string of the molecule is COCCCN1C(=O)C(=O)/C(=C(\O)c2ccc(OC)c(F)c2)C1c1ccc(OCc2ccccc2)c(OC)c1. The number of ketones is 1. The Morgan fingerprint density at radius 2 is 1.64 bits per heavy atom. The summed E-state index contributed by atoms with van der Waals surface area (Å²) >= 11 is 0. The van der Waals surface area contributed by atoms with Crippen molar-refractivity contribution < 1.29 is 38.0 Å². The molecule has 1 aliphatic rings. The van der Waals surface area contributed by atoms with Crippen LogP contribution in [0.25, 0.3) is 5.76 Å². The quantitative estimate of drug-likeness (QED) is 0.162. The molecule has 9 heteroatoms. The first kappa shape index (κ1) is 27.7. The van der Waals surface area contributed by atoms with Crippen LogP contribution in [-0.2, 0) is 20.9 Å². The van der Waals surface area contributed by atoms with E-state index in [9.17, 15) is 19.1 Å². The van der Waals surface area contributed by atoms with Crippen LogP contribution in [0.1, 0.15) is 29.2 Å². The van der Waals surface area contributed by atoms with Crippen LogP contribution < -0.4 is 14.2 Å². The van der Waals surface area contributed by atoms with E-state index in [1.54, 1.807) is 25.3 Å². The number of rotatable bonds is 11. The van der Waals surface area contributed by atoms with Gasteiger partial charge in [-0.05, 0) is 47.9 Å². The molecule has 1 atom stereocenters. The number of likely N-dealkylation sites (tertiary alicyclic amines) is 1. The van der Waals surface area contributed by atoms with Gasteiger partial charge in [0, 0.05) is 25.8 Å². The van der Waals surface area contributed by atoms with Gasteiger partial charge in [0.2, 0.25) is 0 Å². The van der Waals surface area contributed by atoms with E-state index in [0.717, 1.165) is 11.6 Å². The predicted octanol–water partition coefficient (Wildman–Crippen LogP) is 4.88. The smallest absolute Gasteiger partial charge is 0.295 e. The Hall–Kier alpha value is -4.37. The van der Waals surface area contributed by atoms with E-state index in [4.69, 9.17) is 18.9 Å². The van der Waals surface area contributed by atoms with Gasteiger partial charge in [-0.3, -0.25) is 9.59 Å². The fraction of sp³-hybridized carbons (Fsp3) is 0.267. The monoisotopic (exact) mass is 535 g/mol. The molecule has 39 heavy (non-hydrogen) atoms. The number of nitrogens with zero attached hydrogens (tertiary/aromatic N) is 1. The number of carbonyl (C=O) groups excluding carboxylic acids is 2. The lowest BCUT2D eigenvalue weighted by Gasteiger charge is -2.26. The molecule has 3 aromatic carbocycles. The normalized spacial score (nSPS) is 16.4. The third-order valence-corrected chi connectivity index (χ3v) is 6.45. The summed E-state index contributed by atoms with van der Waals surface area (Å²) in [6.45, 7) is 0.884. The van der Waals surface area contributed by atoms with Gasteiger partial charge in [-0.15, -0.1) is 0 Å². The summed E-state index contributed by atoms with van der Waals surface area (Å²) in [6, 6.07) is 17.6. The minimum atomic E-state index is -0.941. The van der Waals surface area contributed by atoms with E-state index in [-0.39, 0.29) is 23.4 Å². The summed E-state index contributed by atoms with van der Waals surface area (Å²) in [5, 5.41) is 11.2. The number of halogens is 1. The van der Waals surface area contributed by atoms with Crippen LogP contribution in [0, 0.1) is 5.82 Å². The zero-order chi connectivity index (χ0) is 27.9. The summed E-state index contributed by atoms with van der Waals surface area (Å²) < 4.78 is 36.0. The maximum atomic E-state index is 14.4. The second kappa shape index (κ2) is 12.4. The van der Waals surface area contributed by atoms with Crippen molar-refractivity contribution in [2.24, 2.45) is 0 Å². The number of carbonyl (C=O) groups is 2. The first-order chi connectivity index (χ1) is 18.9. The highest BCUT2D eigenvalue weighted by atomic mass is 19.1. The van der Waals surface area contributed by atoms with Crippen molar-refractivity contribution >= 4 is 17.4 Å². The first-order valence-corrected chi connectivity index (χ1v) is 12.4. The van der Waals surface area contributed by atoms with Crippen molar-refractivity contribution in [3.8, 4) is 17.2 Å². The molecule has 1 amide bonds. The third-order valence-electron chi connectivity index (χ3n) is 6.45. The Labute approximate surface area is 226 Å². The van der Waals surface area contributed by atoms with E-state index < -0.39 is 29.3 Å². The van der Waals surface area contributed by atoms with Gasteiger partial charge in [0.1, 0.15) is 12.4 Å². The van der Waals surface area contributed by atoms with E-state index in [2.05, 4.69) is 0 Å². The van der Waals surface area contributed by atoms with Crippen molar-refractivity contribution in [3.63, 3.8) is 0 Å². The zero-order valence-electron chi connectivity index (χ0n) is 22.0. The van der Waals surface area contributed by atoms with Gasteiger partial charge < -0.3 is 29.0 Å². The molecule has 1 aliphatic heterocycles. The maximum absolute atomic E-state index is 14.4. The van der Waals surface area contributed by atoms with Crippen molar-refractivity contribution in [2.75, 3.05) is 34.5 Å². The van der Waals surface area contributed by atoms with Crippen LogP contribution in [0.5, 0.6) is 17.2 Å². The number of methoxy groups -OCH3 is 3. The molecule has 0 aliphatic carbocycles. The topological polar surface area (TPSA) is 94.5 Å². The molecule has 8 nitrogen and oxygen atoms in total. The molecule has 0 radical (unpaired) electrons. The Balaban J connectivity index is 1.76. The van der Waals surface area contributed by atoms with Crippen LogP contribution in [0.3, 0.4) is 0 Å². The Kier molecular flexibility index (Phi) is 8.83. The lowest BCUT2D eigenvalue weighted by molar-refractivity contribution is -0.140. The summed E-state index contributed by atoms with van der Waals surface area (Å²) in [7, 11) is 4.36. The minimum Gasteiger partial charge on any atom is -0.507 e. The summed E-state index contributed by atoms with van der Waals surface area (Å²) in [6.07, 6.45) is 0.465. The highest BCUT2D eigenvalue weighted by Crippen LogP contribution is 2.42. The number of amides is 1. The lowest BCUT2D eigenvalue weighted by atomic mass is 9.94. The van der Waals surface area contributed by atoms with Gasteiger partial charge in [-0.1, -0.05) is 36.4 Å². The largest absolute Gasteiger partial charge is 0.507 e. The Morgan fingerprint density at radius 1 is 0.923 bits per heavy atom. The Morgan fingerprint density at radius 3 is 2.31 bits per heavy atom. The second-order valence-electron chi connectivity index (χ2n) is 8.87. The van der Waals surface area contributed by atoms with Gasteiger partial charge in [0.05, 0.1) is 25.8 Å². The number of hydrogen-bond acceptors (Lipinski definition) is 7. The molecular formula is C30H30FNO7. The van der Waals surface area contributed by atoms with Gasteiger partial charge in [-0.2, -0.15) is 0 Å². The summed E-state index contributed by atoms with van der Waals surface area (Å²) in [5.74, 6) is -1.99. The van der Waals surface area contributed by atoms with Crippen LogP contribution in [0.4, 0.5) is 4.39 Å². The number of hydrogen-bond donors (Lipinski definition) is 1. The third kappa shape index (κ3) is 5.88. The van der Waals surface area contributed by atoms with Crippen LogP contribution in [0.2, 0.25) is 0 Å². The standard InChI is InChI=1S/C30H30FNO7/c1-36-15-7-14-32-27(20-10-13-24(25(17-20)38-3)39-18-19-8-5-4-6-9-19)26(29(34)30(32)35)28(33)21-11-12-23(37-2)22(31)16-21/h4-6,8-13,16-17,27,33H,7,14-15,18H2,1-3H3/b28-26-. The fourth-order valence-corrected chi connectivity index (χ4v) is 4.51. The minimum absolute atomic E-state index is 0.0149. The molecule has 0 spiro atoms. The van der Waals surface area contributed by atoms with Crippen molar-refractivity contribution in [3.05, 3.63) is 94.8 Å². The number of aliphatic hydroxyl groups excluding tert-OH is 1. The molecule has 4 rings (SSSR count). The number of ether oxygens (including phenoxy) is 4. The predicted molar refractivity (Wildman–Crippen MR) is 142 cm³/mol.